The number of amides is 1. The molecule has 0 bridgehead atoms. The van der Waals surface area contributed by atoms with Gasteiger partial charge in [0.15, 0.2) is 0 Å². The lowest BCUT2D eigenvalue weighted by Crippen LogP contribution is -2.31. The molecule has 0 saturated carbocycles. The van der Waals surface area contributed by atoms with Crippen LogP contribution >= 0.6 is 27.3 Å². The van der Waals surface area contributed by atoms with E-state index in [4.69, 9.17) is 0 Å². The average molecular weight is 455 g/mol. The van der Waals surface area contributed by atoms with Crippen molar-refractivity contribution in [3.63, 3.8) is 0 Å². The molecule has 0 unspecified atom stereocenters. The van der Waals surface area contributed by atoms with E-state index in [1.807, 2.05) is 23.6 Å². The molecule has 2 aliphatic rings. The van der Waals surface area contributed by atoms with Crippen molar-refractivity contribution in [2.75, 3.05) is 18.0 Å². The number of halogens is 1. The van der Waals surface area contributed by atoms with Crippen LogP contribution in [0.3, 0.4) is 0 Å². The third-order valence-electron chi connectivity index (χ3n) is 5.07. The molecule has 26 heavy (non-hydrogen) atoms. The number of carbonyl (C=O) groups is 1. The molecule has 138 valence electrons. The summed E-state index contributed by atoms with van der Waals surface area (Å²) < 4.78 is 29.0. The van der Waals surface area contributed by atoms with Gasteiger partial charge in [-0.25, -0.2) is 8.42 Å². The number of sulfonamides is 1. The van der Waals surface area contributed by atoms with Crippen molar-refractivity contribution in [3.8, 4) is 0 Å². The van der Waals surface area contributed by atoms with Crippen LogP contribution in [0.15, 0.2) is 39.0 Å². The molecule has 1 aromatic carbocycles. The predicted molar refractivity (Wildman–Crippen MR) is 106 cm³/mol. The number of anilines is 1. The maximum absolute atomic E-state index is 13.4. The van der Waals surface area contributed by atoms with Gasteiger partial charge in [-0.3, -0.25) is 4.79 Å². The van der Waals surface area contributed by atoms with Crippen molar-refractivity contribution < 1.29 is 13.2 Å². The topological polar surface area (TPSA) is 57.7 Å². The van der Waals surface area contributed by atoms with Crippen molar-refractivity contribution in [2.24, 2.45) is 0 Å². The molecule has 0 spiro atoms. The Hall–Kier alpha value is -1.22. The van der Waals surface area contributed by atoms with E-state index in [1.54, 1.807) is 26.6 Å². The van der Waals surface area contributed by atoms with Crippen molar-refractivity contribution >= 4 is 48.9 Å². The van der Waals surface area contributed by atoms with E-state index in [2.05, 4.69) is 15.9 Å². The van der Waals surface area contributed by atoms with Crippen LogP contribution in [0.1, 0.15) is 36.2 Å². The monoisotopic (exact) mass is 454 g/mol. The molecule has 1 saturated heterocycles. The standard InChI is InChI=1S/C18H19BrN2O3S2/c1-12(22)20-8-6-13-10-14(19)18(11-16(13)20)26(23,24)21-7-2-4-15(21)17-5-3-9-25-17/h3,5,9-11,15H,2,4,6-8H2,1H3/t15-/m0/s1. The Kier molecular flexibility index (Phi) is 4.71. The molecule has 3 heterocycles. The summed E-state index contributed by atoms with van der Waals surface area (Å²) in [6.45, 7) is 2.63. The molecule has 2 aromatic rings. The van der Waals surface area contributed by atoms with Gasteiger partial charge in [0.2, 0.25) is 15.9 Å². The first kappa shape index (κ1) is 18.2. The first-order valence-electron chi connectivity index (χ1n) is 8.55. The van der Waals surface area contributed by atoms with E-state index in [0.29, 0.717) is 23.2 Å². The minimum atomic E-state index is -3.66. The highest BCUT2D eigenvalue weighted by Crippen LogP contribution is 2.42. The van der Waals surface area contributed by atoms with Crippen molar-refractivity contribution in [1.82, 2.24) is 4.31 Å². The minimum Gasteiger partial charge on any atom is -0.312 e. The zero-order chi connectivity index (χ0) is 18.5. The zero-order valence-electron chi connectivity index (χ0n) is 14.3. The van der Waals surface area contributed by atoms with Gasteiger partial charge in [0.05, 0.1) is 10.9 Å². The third kappa shape index (κ3) is 2.93. The summed E-state index contributed by atoms with van der Waals surface area (Å²) in [7, 11) is -3.66. The Bertz CT molecular complexity index is 957. The Morgan fingerprint density at radius 1 is 1.31 bits per heavy atom. The highest BCUT2D eigenvalue weighted by molar-refractivity contribution is 9.10. The van der Waals surface area contributed by atoms with E-state index < -0.39 is 10.0 Å². The van der Waals surface area contributed by atoms with Crippen LogP contribution in [-0.2, 0) is 21.2 Å². The third-order valence-corrected chi connectivity index (χ3v) is 8.91. The molecule has 1 amide bonds. The normalized spacial score (nSPS) is 20.5. The maximum Gasteiger partial charge on any atom is 0.244 e. The van der Waals surface area contributed by atoms with E-state index in [0.717, 1.165) is 29.7 Å². The molecule has 2 aliphatic heterocycles. The first-order valence-corrected chi connectivity index (χ1v) is 11.7. The molecular formula is C18H19BrN2O3S2. The number of rotatable bonds is 3. The molecule has 5 nitrogen and oxygen atoms in total. The Morgan fingerprint density at radius 2 is 2.12 bits per heavy atom. The number of carbonyl (C=O) groups excluding carboxylic acids is 1. The van der Waals surface area contributed by atoms with Crippen LogP contribution in [0.2, 0.25) is 0 Å². The van der Waals surface area contributed by atoms with Gasteiger partial charge in [-0.05, 0) is 64.3 Å². The van der Waals surface area contributed by atoms with Crippen LogP contribution in [0, 0.1) is 0 Å². The molecule has 0 radical (unpaired) electrons. The quantitative estimate of drug-likeness (QED) is 0.705. The fourth-order valence-electron chi connectivity index (χ4n) is 3.83. The van der Waals surface area contributed by atoms with Crippen LogP contribution in [0.4, 0.5) is 5.69 Å². The lowest BCUT2D eigenvalue weighted by Gasteiger charge is -2.25. The smallest absolute Gasteiger partial charge is 0.244 e. The van der Waals surface area contributed by atoms with Gasteiger partial charge in [0.1, 0.15) is 0 Å². The highest BCUT2D eigenvalue weighted by atomic mass is 79.9. The van der Waals surface area contributed by atoms with E-state index in [1.165, 1.54) is 6.92 Å². The van der Waals surface area contributed by atoms with Crippen molar-refractivity contribution in [2.45, 2.75) is 37.1 Å². The van der Waals surface area contributed by atoms with E-state index in [9.17, 15) is 13.2 Å². The van der Waals surface area contributed by atoms with Gasteiger partial charge in [-0.1, -0.05) is 6.07 Å². The zero-order valence-corrected chi connectivity index (χ0v) is 17.5. The second-order valence-corrected chi connectivity index (χ2v) is 10.3. The molecule has 0 aliphatic carbocycles. The van der Waals surface area contributed by atoms with Gasteiger partial charge in [0.25, 0.3) is 0 Å². The fourth-order valence-corrected chi connectivity index (χ4v) is 7.52. The van der Waals surface area contributed by atoms with Crippen LogP contribution in [0.25, 0.3) is 0 Å². The second-order valence-electron chi connectivity index (χ2n) is 6.62. The lowest BCUT2D eigenvalue weighted by atomic mass is 10.2. The first-order chi connectivity index (χ1) is 12.4. The maximum atomic E-state index is 13.4. The number of hydrogen-bond acceptors (Lipinski definition) is 4. The summed E-state index contributed by atoms with van der Waals surface area (Å²) in [5, 5.41) is 1.98. The van der Waals surface area contributed by atoms with Crippen LogP contribution in [-0.4, -0.2) is 31.7 Å². The summed E-state index contributed by atoms with van der Waals surface area (Å²) in [6.07, 6.45) is 2.43. The van der Waals surface area contributed by atoms with Crippen LogP contribution in [0.5, 0.6) is 0 Å². The number of benzene rings is 1. The lowest BCUT2D eigenvalue weighted by molar-refractivity contribution is -0.116. The summed E-state index contributed by atoms with van der Waals surface area (Å²) in [4.78, 5) is 14.8. The molecule has 1 fully saturated rings. The van der Waals surface area contributed by atoms with E-state index in [-0.39, 0.29) is 16.8 Å². The number of fused-ring (bicyclic) bond motifs is 1. The summed E-state index contributed by atoms with van der Waals surface area (Å²) in [5.74, 6) is -0.0629. The Balaban J connectivity index is 1.77. The SMILES string of the molecule is CC(=O)N1CCc2cc(Br)c(S(=O)(=O)N3CCC[C@H]3c3cccs3)cc21. The largest absolute Gasteiger partial charge is 0.312 e. The second kappa shape index (κ2) is 6.74. The highest BCUT2D eigenvalue weighted by Gasteiger charge is 2.38. The number of nitrogens with zero attached hydrogens (tertiary/aromatic N) is 2. The van der Waals surface area contributed by atoms with Crippen LogP contribution < -0.4 is 4.90 Å². The minimum absolute atomic E-state index is 0.0629. The van der Waals surface area contributed by atoms with Gasteiger partial charge < -0.3 is 4.90 Å². The van der Waals surface area contributed by atoms with Gasteiger partial charge in [-0.15, -0.1) is 11.3 Å². The molecule has 1 atom stereocenters. The molecule has 0 N–H and O–H groups in total. The molecule has 4 rings (SSSR count). The van der Waals surface area contributed by atoms with Gasteiger partial charge in [0, 0.05) is 35.1 Å². The van der Waals surface area contributed by atoms with Crippen molar-refractivity contribution in [3.05, 3.63) is 44.6 Å². The fraction of sp³-hybridized carbons (Fsp3) is 0.389. The Morgan fingerprint density at radius 3 is 2.81 bits per heavy atom. The molecule has 1 aromatic heterocycles. The summed E-state index contributed by atoms with van der Waals surface area (Å²) in [5.41, 5.74) is 1.72. The predicted octanol–water partition coefficient (Wildman–Crippen LogP) is 3.95. The number of hydrogen-bond donors (Lipinski definition) is 0. The Labute approximate surface area is 165 Å². The number of thiophene rings is 1. The van der Waals surface area contributed by atoms with Gasteiger partial charge >= 0.3 is 0 Å². The van der Waals surface area contributed by atoms with E-state index >= 15 is 0 Å². The summed E-state index contributed by atoms with van der Waals surface area (Å²) >= 11 is 5.04. The molecule has 8 heteroatoms. The molecular weight excluding hydrogens is 436 g/mol. The van der Waals surface area contributed by atoms with Gasteiger partial charge in [-0.2, -0.15) is 4.31 Å². The summed E-state index contributed by atoms with van der Waals surface area (Å²) in [6, 6.07) is 7.36. The average Bonchev–Trinajstić information content (AvgIpc) is 3.32. The van der Waals surface area contributed by atoms with Crippen molar-refractivity contribution in [1.29, 1.82) is 0 Å².